The minimum Gasteiger partial charge on any atom is -0.309 e. The van der Waals surface area contributed by atoms with Gasteiger partial charge < -0.3 is 9.13 Å². The van der Waals surface area contributed by atoms with Crippen LogP contribution in [0.1, 0.15) is 0 Å². The number of aromatic nitrogens is 3. The second-order valence-corrected chi connectivity index (χ2v) is 10.2. The first-order chi connectivity index (χ1) is 19.3. The Kier molecular flexibility index (Phi) is 4.74. The molecule has 0 aliphatic heterocycles. The van der Waals surface area contributed by atoms with Gasteiger partial charge in [0.1, 0.15) is 7.05 Å². The number of aryl methyl sites for hydroxylation is 1. The Hall–Kier alpha value is -5.15. The van der Waals surface area contributed by atoms with Crippen LogP contribution in [0.2, 0.25) is 0 Å². The molecule has 0 fully saturated rings. The summed E-state index contributed by atoms with van der Waals surface area (Å²) in [6, 6.07) is 46.2. The molecule has 3 aromatic heterocycles. The molecule has 8 aromatic rings. The molecule has 0 radical (unpaired) electrons. The van der Waals surface area contributed by atoms with E-state index in [9.17, 15) is 0 Å². The van der Waals surface area contributed by atoms with Gasteiger partial charge in [-0.25, -0.2) is 4.57 Å². The molecule has 3 heterocycles. The summed E-state index contributed by atoms with van der Waals surface area (Å²) < 4.78 is 6.88. The molecule has 0 atom stereocenters. The van der Waals surface area contributed by atoms with Crippen molar-refractivity contribution in [3.05, 3.63) is 140 Å². The number of pyridine rings is 1. The molecule has 184 valence electrons. The summed E-state index contributed by atoms with van der Waals surface area (Å²) >= 11 is 0. The number of fused-ring (bicyclic) bond motifs is 6. The predicted octanol–water partition coefficient (Wildman–Crippen LogP) is 8.37. The maximum absolute atomic E-state index is 2.41. The number of hydrogen-bond acceptors (Lipinski definition) is 0. The van der Waals surface area contributed by atoms with E-state index in [2.05, 4.69) is 161 Å². The number of rotatable bonds is 3. The first-order valence-corrected chi connectivity index (χ1v) is 13.3. The molecule has 3 heteroatoms. The summed E-state index contributed by atoms with van der Waals surface area (Å²) in [5.41, 5.74) is 9.66. The van der Waals surface area contributed by atoms with Crippen molar-refractivity contribution in [2.75, 3.05) is 0 Å². The maximum atomic E-state index is 2.41. The summed E-state index contributed by atoms with van der Waals surface area (Å²) in [6.07, 6.45) is 4.21. The van der Waals surface area contributed by atoms with Crippen molar-refractivity contribution >= 4 is 43.6 Å². The molecular weight excluding hydrogens is 474 g/mol. The highest BCUT2D eigenvalue weighted by Crippen LogP contribution is 2.40. The fourth-order valence-corrected chi connectivity index (χ4v) is 6.06. The standard InChI is InChI=1S/C36H26N3/c1-37-20-18-25(19-21-37)26-16-17-34-30(22-26)32-24-35-31(23-36(32)39(34)28-12-6-3-7-13-28)29-14-8-9-15-33(29)38(35)27-10-4-2-5-11-27/h2-24H,1H3/q+1. The van der Waals surface area contributed by atoms with Crippen LogP contribution in [0, 0.1) is 0 Å². The highest BCUT2D eigenvalue weighted by molar-refractivity contribution is 6.19. The van der Waals surface area contributed by atoms with Crippen LogP contribution in [0.3, 0.4) is 0 Å². The Morgan fingerprint density at radius 2 is 0.923 bits per heavy atom. The van der Waals surface area contributed by atoms with Gasteiger partial charge in [-0.1, -0.05) is 60.7 Å². The van der Waals surface area contributed by atoms with Gasteiger partial charge in [0.2, 0.25) is 0 Å². The molecule has 8 rings (SSSR count). The number of para-hydroxylation sites is 3. The van der Waals surface area contributed by atoms with Crippen molar-refractivity contribution in [1.29, 1.82) is 0 Å². The first-order valence-electron chi connectivity index (χ1n) is 13.3. The van der Waals surface area contributed by atoms with Crippen molar-refractivity contribution in [2.24, 2.45) is 7.05 Å². The van der Waals surface area contributed by atoms with Gasteiger partial charge in [0.05, 0.1) is 22.1 Å². The van der Waals surface area contributed by atoms with E-state index in [1.165, 1.54) is 66.1 Å². The topological polar surface area (TPSA) is 13.7 Å². The average Bonchev–Trinajstić information content (AvgIpc) is 3.49. The molecule has 3 nitrogen and oxygen atoms in total. The number of benzene rings is 5. The van der Waals surface area contributed by atoms with Crippen LogP contribution in [-0.2, 0) is 7.05 Å². The Balaban J connectivity index is 1.53. The van der Waals surface area contributed by atoms with Gasteiger partial charge in [-0.2, -0.15) is 0 Å². The normalized spacial score (nSPS) is 11.7. The lowest BCUT2D eigenvalue weighted by atomic mass is 10.0. The summed E-state index contributed by atoms with van der Waals surface area (Å²) in [5.74, 6) is 0. The van der Waals surface area contributed by atoms with Crippen LogP contribution in [0.15, 0.2) is 140 Å². The van der Waals surface area contributed by atoms with E-state index in [0.717, 1.165) is 0 Å². The predicted molar refractivity (Wildman–Crippen MR) is 162 cm³/mol. The Morgan fingerprint density at radius 3 is 1.56 bits per heavy atom. The molecule has 5 aromatic carbocycles. The SMILES string of the molecule is C[n+]1ccc(-c2ccc3c(c2)c2cc4c(cc2n3-c2ccccc2)c2ccccc2n4-c2ccccc2)cc1. The van der Waals surface area contributed by atoms with Crippen LogP contribution >= 0.6 is 0 Å². The highest BCUT2D eigenvalue weighted by Gasteiger charge is 2.18. The van der Waals surface area contributed by atoms with Gasteiger partial charge in [0.15, 0.2) is 12.4 Å². The quantitative estimate of drug-likeness (QED) is 0.216. The number of nitrogens with zero attached hydrogens (tertiary/aromatic N) is 3. The first kappa shape index (κ1) is 21.9. The molecule has 39 heavy (non-hydrogen) atoms. The third kappa shape index (κ3) is 3.33. The molecule has 0 N–H and O–H groups in total. The van der Waals surface area contributed by atoms with E-state index >= 15 is 0 Å². The minimum atomic E-state index is 1.17. The fourth-order valence-electron chi connectivity index (χ4n) is 6.06. The summed E-state index contributed by atoms with van der Waals surface area (Å²) in [5, 5.41) is 5.04. The molecular formula is C36H26N3+. The molecule has 0 saturated heterocycles. The molecule has 0 bridgehead atoms. The van der Waals surface area contributed by atoms with Gasteiger partial charge in [0.25, 0.3) is 0 Å². The van der Waals surface area contributed by atoms with Crippen molar-refractivity contribution in [3.63, 3.8) is 0 Å². The molecule has 0 saturated carbocycles. The van der Waals surface area contributed by atoms with E-state index in [1.54, 1.807) is 0 Å². The maximum Gasteiger partial charge on any atom is 0.169 e. The fraction of sp³-hybridized carbons (Fsp3) is 0.0278. The van der Waals surface area contributed by atoms with Crippen molar-refractivity contribution < 1.29 is 4.57 Å². The van der Waals surface area contributed by atoms with Crippen LogP contribution in [0.5, 0.6) is 0 Å². The Labute approximate surface area is 226 Å². The molecule has 0 spiro atoms. The summed E-state index contributed by atoms with van der Waals surface area (Å²) in [4.78, 5) is 0. The third-order valence-electron chi connectivity index (χ3n) is 7.90. The molecule has 0 aliphatic rings. The summed E-state index contributed by atoms with van der Waals surface area (Å²) in [7, 11) is 2.05. The Morgan fingerprint density at radius 1 is 0.410 bits per heavy atom. The highest BCUT2D eigenvalue weighted by atomic mass is 15.0. The van der Waals surface area contributed by atoms with Crippen LogP contribution in [-0.4, -0.2) is 9.13 Å². The van der Waals surface area contributed by atoms with E-state index < -0.39 is 0 Å². The van der Waals surface area contributed by atoms with Gasteiger partial charge in [-0.05, 0) is 65.7 Å². The summed E-state index contributed by atoms with van der Waals surface area (Å²) in [6.45, 7) is 0. The Bertz CT molecular complexity index is 2150. The van der Waals surface area contributed by atoms with Crippen molar-refractivity contribution in [2.45, 2.75) is 0 Å². The van der Waals surface area contributed by atoms with Crippen molar-refractivity contribution in [3.8, 4) is 22.5 Å². The second-order valence-electron chi connectivity index (χ2n) is 10.2. The van der Waals surface area contributed by atoms with E-state index in [0.29, 0.717) is 0 Å². The lowest BCUT2D eigenvalue weighted by molar-refractivity contribution is -0.671. The van der Waals surface area contributed by atoms with E-state index in [4.69, 9.17) is 0 Å². The zero-order chi connectivity index (χ0) is 25.9. The molecule has 0 aliphatic carbocycles. The average molecular weight is 501 g/mol. The van der Waals surface area contributed by atoms with Crippen LogP contribution in [0.25, 0.3) is 66.1 Å². The second kappa shape index (κ2) is 8.44. The molecule has 0 amide bonds. The van der Waals surface area contributed by atoms with Gasteiger partial charge in [-0.15, -0.1) is 0 Å². The van der Waals surface area contributed by atoms with Crippen molar-refractivity contribution in [1.82, 2.24) is 9.13 Å². The van der Waals surface area contributed by atoms with E-state index in [-0.39, 0.29) is 0 Å². The van der Waals surface area contributed by atoms with Gasteiger partial charge in [0, 0.05) is 45.1 Å². The zero-order valence-electron chi connectivity index (χ0n) is 21.6. The van der Waals surface area contributed by atoms with Gasteiger partial charge >= 0.3 is 0 Å². The number of hydrogen-bond donors (Lipinski definition) is 0. The molecule has 0 unspecified atom stereocenters. The smallest absolute Gasteiger partial charge is 0.169 e. The van der Waals surface area contributed by atoms with Crippen LogP contribution in [0.4, 0.5) is 0 Å². The largest absolute Gasteiger partial charge is 0.309 e. The van der Waals surface area contributed by atoms with E-state index in [1.807, 2.05) is 0 Å². The van der Waals surface area contributed by atoms with Crippen LogP contribution < -0.4 is 4.57 Å². The van der Waals surface area contributed by atoms with Gasteiger partial charge in [-0.3, -0.25) is 0 Å². The lowest BCUT2D eigenvalue weighted by Crippen LogP contribution is -2.25. The third-order valence-corrected chi connectivity index (χ3v) is 7.90. The zero-order valence-corrected chi connectivity index (χ0v) is 21.6. The minimum absolute atomic E-state index is 1.17. The monoisotopic (exact) mass is 500 g/mol. The lowest BCUT2D eigenvalue weighted by Gasteiger charge is -2.09.